The van der Waals surface area contributed by atoms with Crippen LogP contribution in [0.1, 0.15) is 38.4 Å². The number of benzene rings is 1. The molecule has 0 bridgehead atoms. The third kappa shape index (κ3) is 2.93. The normalized spacial score (nSPS) is 22.6. The second kappa shape index (κ2) is 5.28. The number of hydrogen-bond acceptors (Lipinski definition) is 2. The van der Waals surface area contributed by atoms with Gasteiger partial charge in [-0.1, -0.05) is 24.6 Å². The van der Waals surface area contributed by atoms with Crippen LogP contribution in [0.15, 0.2) is 18.2 Å². The maximum absolute atomic E-state index is 9.52. The number of piperidine rings is 1. The number of nitrogens with zero attached hydrogens (tertiary/aromatic N) is 1. The second-order valence-electron chi connectivity index (χ2n) is 5.08. The third-order valence-corrected chi connectivity index (χ3v) is 3.75. The topological polar surface area (TPSA) is 23.5 Å². The molecule has 1 aromatic carbocycles. The quantitative estimate of drug-likeness (QED) is 0.870. The summed E-state index contributed by atoms with van der Waals surface area (Å²) in [6.07, 6.45) is 2.08. The van der Waals surface area contributed by atoms with Crippen LogP contribution in [0.5, 0.6) is 0 Å². The zero-order valence-corrected chi connectivity index (χ0v) is 11.2. The molecule has 1 heterocycles. The van der Waals surface area contributed by atoms with E-state index in [2.05, 4.69) is 11.8 Å². The Balaban J connectivity index is 2.21. The summed E-state index contributed by atoms with van der Waals surface area (Å²) < 4.78 is 0. The summed E-state index contributed by atoms with van der Waals surface area (Å²) in [5.41, 5.74) is 1.98. The zero-order chi connectivity index (χ0) is 12.4. The molecule has 1 fully saturated rings. The molecule has 2 nitrogen and oxygen atoms in total. The number of halogens is 1. The molecular weight excluding hydrogens is 234 g/mol. The standard InChI is InChI=1S/C14H20ClNO/c1-10-4-3-7-16(9-10)14-6-5-12(11(2)17)8-13(14)15/h5-6,8,10-11,17H,3-4,7,9H2,1-2H3/t10?,11-/m1/s1. The monoisotopic (exact) mass is 253 g/mol. The molecule has 0 radical (unpaired) electrons. The van der Waals surface area contributed by atoms with E-state index in [0.29, 0.717) is 0 Å². The molecule has 1 aromatic rings. The summed E-state index contributed by atoms with van der Waals surface area (Å²) in [7, 11) is 0. The fourth-order valence-corrected chi connectivity index (χ4v) is 2.76. The Morgan fingerprint density at radius 3 is 2.82 bits per heavy atom. The van der Waals surface area contributed by atoms with Crippen LogP contribution < -0.4 is 4.90 Å². The van der Waals surface area contributed by atoms with Gasteiger partial charge in [-0.3, -0.25) is 0 Å². The van der Waals surface area contributed by atoms with E-state index in [1.165, 1.54) is 12.8 Å². The van der Waals surface area contributed by atoms with Gasteiger partial charge in [-0.15, -0.1) is 0 Å². The number of hydrogen-bond donors (Lipinski definition) is 1. The highest BCUT2D eigenvalue weighted by molar-refractivity contribution is 6.33. The smallest absolute Gasteiger partial charge is 0.0762 e. The van der Waals surface area contributed by atoms with Crippen molar-refractivity contribution in [2.45, 2.75) is 32.8 Å². The molecule has 1 saturated heterocycles. The maximum Gasteiger partial charge on any atom is 0.0762 e. The van der Waals surface area contributed by atoms with Crippen molar-refractivity contribution in [2.24, 2.45) is 5.92 Å². The van der Waals surface area contributed by atoms with Crippen molar-refractivity contribution < 1.29 is 5.11 Å². The maximum atomic E-state index is 9.52. The Kier molecular flexibility index (Phi) is 3.95. The van der Waals surface area contributed by atoms with Gasteiger partial charge in [0.1, 0.15) is 0 Å². The minimum Gasteiger partial charge on any atom is -0.389 e. The Bertz CT molecular complexity index is 392. The van der Waals surface area contributed by atoms with Crippen LogP contribution in [0, 0.1) is 5.92 Å². The van der Waals surface area contributed by atoms with Gasteiger partial charge in [0, 0.05) is 13.1 Å². The lowest BCUT2D eigenvalue weighted by molar-refractivity contribution is 0.199. The average molecular weight is 254 g/mol. The van der Waals surface area contributed by atoms with E-state index < -0.39 is 6.10 Å². The average Bonchev–Trinajstić information content (AvgIpc) is 2.28. The van der Waals surface area contributed by atoms with Crippen molar-refractivity contribution in [3.05, 3.63) is 28.8 Å². The van der Waals surface area contributed by atoms with Gasteiger partial charge in [-0.25, -0.2) is 0 Å². The van der Waals surface area contributed by atoms with Crippen molar-refractivity contribution >= 4 is 17.3 Å². The summed E-state index contributed by atoms with van der Waals surface area (Å²) in [4.78, 5) is 2.35. The van der Waals surface area contributed by atoms with Crippen LogP contribution >= 0.6 is 11.6 Å². The van der Waals surface area contributed by atoms with Gasteiger partial charge in [0.2, 0.25) is 0 Å². The first-order valence-electron chi connectivity index (χ1n) is 6.30. The van der Waals surface area contributed by atoms with Gasteiger partial charge in [0.05, 0.1) is 16.8 Å². The Morgan fingerprint density at radius 2 is 2.24 bits per heavy atom. The molecule has 17 heavy (non-hydrogen) atoms. The molecule has 0 aliphatic carbocycles. The van der Waals surface area contributed by atoms with Gasteiger partial charge >= 0.3 is 0 Å². The molecule has 94 valence electrons. The summed E-state index contributed by atoms with van der Waals surface area (Å²) in [6, 6.07) is 5.87. The lowest BCUT2D eigenvalue weighted by atomic mass is 9.99. The molecule has 0 saturated carbocycles. The summed E-state index contributed by atoms with van der Waals surface area (Å²) in [6.45, 7) is 6.20. The molecule has 1 unspecified atom stereocenters. The highest BCUT2D eigenvalue weighted by Gasteiger charge is 2.18. The summed E-state index contributed by atoms with van der Waals surface area (Å²) >= 11 is 6.30. The minimum absolute atomic E-state index is 0.457. The largest absolute Gasteiger partial charge is 0.389 e. The summed E-state index contributed by atoms with van der Waals surface area (Å²) in [5, 5.41) is 10.3. The van der Waals surface area contributed by atoms with Gasteiger partial charge in [0.15, 0.2) is 0 Å². The second-order valence-corrected chi connectivity index (χ2v) is 5.49. The molecule has 0 aromatic heterocycles. The van der Waals surface area contributed by atoms with Gasteiger partial charge in [-0.05, 0) is 43.4 Å². The zero-order valence-electron chi connectivity index (χ0n) is 10.5. The highest BCUT2D eigenvalue weighted by atomic mass is 35.5. The van der Waals surface area contributed by atoms with E-state index in [9.17, 15) is 5.11 Å². The van der Waals surface area contributed by atoms with Crippen LogP contribution in [0.4, 0.5) is 5.69 Å². The van der Waals surface area contributed by atoms with Crippen molar-refractivity contribution in [2.75, 3.05) is 18.0 Å². The van der Waals surface area contributed by atoms with E-state index in [1.54, 1.807) is 6.92 Å². The van der Waals surface area contributed by atoms with Crippen LogP contribution in [-0.2, 0) is 0 Å². The van der Waals surface area contributed by atoms with Gasteiger partial charge in [0.25, 0.3) is 0 Å². The van der Waals surface area contributed by atoms with E-state index in [1.807, 2.05) is 18.2 Å². The lowest BCUT2D eigenvalue weighted by Crippen LogP contribution is -2.34. The lowest BCUT2D eigenvalue weighted by Gasteiger charge is -2.33. The number of aliphatic hydroxyl groups is 1. The highest BCUT2D eigenvalue weighted by Crippen LogP contribution is 2.31. The van der Waals surface area contributed by atoms with E-state index in [4.69, 9.17) is 11.6 Å². The first-order chi connectivity index (χ1) is 8.08. The van der Waals surface area contributed by atoms with Crippen molar-refractivity contribution in [3.63, 3.8) is 0 Å². The first kappa shape index (κ1) is 12.7. The summed E-state index contributed by atoms with van der Waals surface area (Å²) in [5.74, 6) is 0.733. The third-order valence-electron chi connectivity index (χ3n) is 3.45. The molecule has 1 aliphatic heterocycles. The van der Waals surface area contributed by atoms with Crippen LogP contribution in [0.2, 0.25) is 5.02 Å². The molecule has 2 atom stereocenters. The Morgan fingerprint density at radius 1 is 1.47 bits per heavy atom. The number of anilines is 1. The van der Waals surface area contributed by atoms with Crippen LogP contribution in [0.3, 0.4) is 0 Å². The Hall–Kier alpha value is -0.730. The predicted molar refractivity (Wildman–Crippen MR) is 72.7 cm³/mol. The minimum atomic E-state index is -0.457. The molecule has 2 rings (SSSR count). The number of aliphatic hydroxyl groups excluding tert-OH is 1. The van der Waals surface area contributed by atoms with Crippen molar-refractivity contribution in [1.82, 2.24) is 0 Å². The van der Waals surface area contributed by atoms with E-state index >= 15 is 0 Å². The fourth-order valence-electron chi connectivity index (χ4n) is 2.45. The van der Waals surface area contributed by atoms with Crippen molar-refractivity contribution in [1.29, 1.82) is 0 Å². The van der Waals surface area contributed by atoms with E-state index in [0.717, 1.165) is 35.3 Å². The molecule has 3 heteroatoms. The van der Waals surface area contributed by atoms with Gasteiger partial charge < -0.3 is 10.0 Å². The number of rotatable bonds is 2. The van der Waals surface area contributed by atoms with E-state index in [-0.39, 0.29) is 0 Å². The van der Waals surface area contributed by atoms with Gasteiger partial charge in [-0.2, -0.15) is 0 Å². The van der Waals surface area contributed by atoms with Crippen LogP contribution in [0.25, 0.3) is 0 Å². The molecule has 0 spiro atoms. The van der Waals surface area contributed by atoms with Crippen molar-refractivity contribution in [3.8, 4) is 0 Å². The Labute approximate surface area is 108 Å². The molecule has 1 aliphatic rings. The first-order valence-corrected chi connectivity index (χ1v) is 6.68. The fraction of sp³-hybridized carbons (Fsp3) is 0.571. The molecule has 1 N–H and O–H groups in total. The predicted octanol–water partition coefficient (Wildman–Crippen LogP) is 3.63. The SMILES string of the molecule is CC1CCCN(c2ccc([C@@H](C)O)cc2Cl)C1. The molecule has 0 amide bonds. The molecular formula is C14H20ClNO. The van der Waals surface area contributed by atoms with Crippen LogP contribution in [-0.4, -0.2) is 18.2 Å².